The van der Waals surface area contributed by atoms with E-state index in [1.54, 1.807) is 0 Å². The number of amides is 2. The lowest BCUT2D eigenvalue weighted by Crippen LogP contribution is -2.46. The molecule has 2 saturated carbocycles. The number of alkyl carbamates (subject to hydrolysis) is 1. The number of carbonyl (C=O) groups excluding carboxylic acids is 2. The summed E-state index contributed by atoms with van der Waals surface area (Å²) in [5, 5.41) is 5.02. The van der Waals surface area contributed by atoms with Crippen LogP contribution in [0.4, 0.5) is 4.79 Å². The molecular formula is C17H30N2O6S. The van der Waals surface area contributed by atoms with Crippen molar-refractivity contribution in [2.45, 2.75) is 88.7 Å². The predicted octanol–water partition coefficient (Wildman–Crippen LogP) is 1.99. The van der Waals surface area contributed by atoms with Crippen molar-refractivity contribution in [3.05, 3.63) is 0 Å². The fourth-order valence-corrected chi connectivity index (χ4v) is 4.53. The van der Waals surface area contributed by atoms with Gasteiger partial charge in [-0.05, 0) is 65.7 Å². The minimum Gasteiger partial charge on any atom is -0.444 e. The zero-order valence-electron chi connectivity index (χ0n) is 15.7. The Kier molecular flexibility index (Phi) is 6.55. The highest BCUT2D eigenvalue weighted by Crippen LogP contribution is 2.30. The van der Waals surface area contributed by atoms with Gasteiger partial charge in [-0.15, -0.1) is 0 Å². The molecule has 2 fully saturated rings. The smallest absolute Gasteiger partial charge is 0.407 e. The van der Waals surface area contributed by atoms with Crippen LogP contribution in [0.3, 0.4) is 0 Å². The summed E-state index contributed by atoms with van der Waals surface area (Å²) in [6.45, 7) is 5.44. The lowest BCUT2D eigenvalue weighted by atomic mass is 9.90. The molecule has 2 aliphatic carbocycles. The van der Waals surface area contributed by atoms with E-state index in [0.29, 0.717) is 12.8 Å². The molecule has 2 atom stereocenters. The molecule has 0 aromatic rings. The predicted molar refractivity (Wildman–Crippen MR) is 96.2 cm³/mol. The molecule has 0 aromatic heterocycles. The third-order valence-electron chi connectivity index (χ3n) is 4.97. The topological polar surface area (TPSA) is 122 Å². The number of nitrogens with one attached hydrogen (secondary N) is 2. The first-order chi connectivity index (χ1) is 11.9. The molecule has 2 aliphatic rings. The highest BCUT2D eigenvalue weighted by atomic mass is 32.2. The minimum atomic E-state index is -4.07. The van der Waals surface area contributed by atoms with E-state index in [0.717, 1.165) is 25.7 Å². The van der Waals surface area contributed by atoms with Crippen molar-refractivity contribution in [2.75, 3.05) is 0 Å². The van der Waals surface area contributed by atoms with Gasteiger partial charge in [0.1, 0.15) is 5.60 Å². The summed E-state index contributed by atoms with van der Waals surface area (Å²) >= 11 is 0. The zero-order valence-corrected chi connectivity index (χ0v) is 16.5. The maximum Gasteiger partial charge on any atom is 0.407 e. The molecule has 2 amide bonds. The van der Waals surface area contributed by atoms with E-state index < -0.39 is 27.1 Å². The number of hydrogen-bond acceptors (Lipinski definition) is 5. The fourth-order valence-electron chi connectivity index (χ4n) is 3.62. The van der Waals surface area contributed by atoms with Crippen molar-refractivity contribution in [1.82, 2.24) is 10.6 Å². The van der Waals surface area contributed by atoms with Crippen molar-refractivity contribution >= 4 is 22.1 Å². The summed E-state index contributed by atoms with van der Waals surface area (Å²) in [5.41, 5.74) is -0.531. The number of rotatable bonds is 4. The van der Waals surface area contributed by atoms with Crippen molar-refractivity contribution in [1.29, 1.82) is 0 Å². The van der Waals surface area contributed by atoms with Gasteiger partial charge in [-0.1, -0.05) is 0 Å². The second kappa shape index (κ2) is 8.12. The van der Waals surface area contributed by atoms with Crippen molar-refractivity contribution in [2.24, 2.45) is 5.92 Å². The first-order valence-electron chi connectivity index (χ1n) is 9.20. The van der Waals surface area contributed by atoms with Gasteiger partial charge in [0, 0.05) is 18.0 Å². The number of carbonyl (C=O) groups is 2. The molecule has 9 heteroatoms. The average molecular weight is 391 g/mol. The molecule has 0 spiro atoms. The third kappa shape index (κ3) is 6.42. The van der Waals surface area contributed by atoms with Gasteiger partial charge in [0.25, 0.3) is 10.1 Å². The van der Waals surface area contributed by atoms with Crippen LogP contribution in [0.1, 0.15) is 65.7 Å². The summed E-state index contributed by atoms with van der Waals surface area (Å²) in [5.74, 6) is -0.501. The maximum atomic E-state index is 12.3. The summed E-state index contributed by atoms with van der Waals surface area (Å²) in [7, 11) is -4.07. The third-order valence-corrected chi connectivity index (χ3v) is 6.24. The SMILES string of the molecule is CC(C)(C)OC(=O)N[C@H]1CC[C@H](NC(=O)C2CCC(S(=O)(=O)O)C2)CC1. The van der Waals surface area contributed by atoms with Crippen molar-refractivity contribution < 1.29 is 27.3 Å². The van der Waals surface area contributed by atoms with E-state index in [1.807, 2.05) is 20.8 Å². The summed E-state index contributed by atoms with van der Waals surface area (Å²) in [6, 6.07) is 0.0670. The van der Waals surface area contributed by atoms with Crippen LogP contribution in [0.25, 0.3) is 0 Å². The molecule has 0 heterocycles. The molecule has 150 valence electrons. The van der Waals surface area contributed by atoms with E-state index in [1.165, 1.54) is 0 Å². The molecule has 0 radical (unpaired) electrons. The molecule has 0 aliphatic heterocycles. The Labute approximate surface area is 155 Å². The standard InChI is InChI=1S/C17H30N2O6S/c1-17(2,3)25-16(21)19-13-7-5-12(6-8-13)18-15(20)11-4-9-14(10-11)26(22,23)24/h11-14H,4-10H2,1-3H3,(H,18,20)(H,19,21)(H,22,23,24)/t11?,12-,13-,14?. The maximum absolute atomic E-state index is 12.3. The average Bonchev–Trinajstić information content (AvgIpc) is 2.97. The van der Waals surface area contributed by atoms with Crippen LogP contribution >= 0.6 is 0 Å². The molecular weight excluding hydrogens is 360 g/mol. The zero-order chi connectivity index (χ0) is 19.5. The summed E-state index contributed by atoms with van der Waals surface area (Å²) < 4.78 is 36.7. The van der Waals surface area contributed by atoms with Crippen LogP contribution in [0.2, 0.25) is 0 Å². The molecule has 26 heavy (non-hydrogen) atoms. The number of hydrogen-bond donors (Lipinski definition) is 3. The van der Waals surface area contributed by atoms with E-state index in [9.17, 15) is 18.0 Å². The summed E-state index contributed by atoms with van der Waals surface area (Å²) in [4.78, 5) is 24.1. The Morgan fingerprint density at radius 2 is 1.50 bits per heavy atom. The Morgan fingerprint density at radius 1 is 0.962 bits per heavy atom. The Hall–Kier alpha value is -1.35. The van der Waals surface area contributed by atoms with Crippen LogP contribution in [0, 0.1) is 5.92 Å². The van der Waals surface area contributed by atoms with Crippen LogP contribution in [-0.4, -0.2) is 47.9 Å². The van der Waals surface area contributed by atoms with Crippen molar-refractivity contribution in [3.8, 4) is 0 Å². The molecule has 0 saturated heterocycles. The van der Waals surface area contributed by atoms with Gasteiger partial charge in [-0.2, -0.15) is 8.42 Å². The molecule has 8 nitrogen and oxygen atoms in total. The van der Waals surface area contributed by atoms with Gasteiger partial charge in [0.05, 0.1) is 5.25 Å². The minimum absolute atomic E-state index is 0.0315. The molecule has 0 bridgehead atoms. The second-order valence-electron chi connectivity index (χ2n) is 8.35. The molecule has 3 N–H and O–H groups in total. The lowest BCUT2D eigenvalue weighted by molar-refractivity contribution is -0.125. The number of ether oxygens (including phenoxy) is 1. The highest BCUT2D eigenvalue weighted by Gasteiger charge is 2.37. The second-order valence-corrected chi connectivity index (χ2v) is 10.0. The van der Waals surface area contributed by atoms with Crippen LogP contribution in [0.15, 0.2) is 0 Å². The van der Waals surface area contributed by atoms with E-state index in [-0.39, 0.29) is 30.3 Å². The van der Waals surface area contributed by atoms with Gasteiger partial charge in [0.2, 0.25) is 5.91 Å². The summed E-state index contributed by atoms with van der Waals surface area (Å²) in [6.07, 6.45) is 3.56. The van der Waals surface area contributed by atoms with E-state index in [2.05, 4.69) is 10.6 Å². The van der Waals surface area contributed by atoms with E-state index in [4.69, 9.17) is 9.29 Å². The Balaban J connectivity index is 1.72. The quantitative estimate of drug-likeness (QED) is 0.631. The van der Waals surface area contributed by atoms with E-state index >= 15 is 0 Å². The monoisotopic (exact) mass is 390 g/mol. The Bertz CT molecular complexity index is 620. The largest absolute Gasteiger partial charge is 0.444 e. The van der Waals surface area contributed by atoms with Gasteiger partial charge in [0.15, 0.2) is 0 Å². The fraction of sp³-hybridized carbons (Fsp3) is 0.882. The highest BCUT2D eigenvalue weighted by molar-refractivity contribution is 7.86. The van der Waals surface area contributed by atoms with Crippen LogP contribution < -0.4 is 10.6 Å². The van der Waals surface area contributed by atoms with Gasteiger partial charge < -0.3 is 15.4 Å². The van der Waals surface area contributed by atoms with Crippen LogP contribution in [0.5, 0.6) is 0 Å². The van der Waals surface area contributed by atoms with Crippen LogP contribution in [-0.2, 0) is 19.6 Å². The lowest BCUT2D eigenvalue weighted by Gasteiger charge is -2.31. The Morgan fingerprint density at radius 3 is 1.96 bits per heavy atom. The molecule has 2 unspecified atom stereocenters. The molecule has 2 rings (SSSR count). The normalized spacial score (nSPS) is 29.8. The first kappa shape index (κ1) is 21.0. The van der Waals surface area contributed by atoms with Crippen molar-refractivity contribution in [3.63, 3.8) is 0 Å². The molecule has 0 aromatic carbocycles. The first-order valence-corrected chi connectivity index (χ1v) is 10.7. The van der Waals surface area contributed by atoms with Gasteiger partial charge >= 0.3 is 6.09 Å². The van der Waals surface area contributed by atoms with Gasteiger partial charge in [-0.3, -0.25) is 9.35 Å². The van der Waals surface area contributed by atoms with Gasteiger partial charge in [-0.25, -0.2) is 4.79 Å².